The first-order valence-electron chi connectivity index (χ1n) is 8.22. The first kappa shape index (κ1) is 15.2. The van der Waals surface area contributed by atoms with Gasteiger partial charge in [0.2, 0.25) is 0 Å². The molecule has 1 atom stereocenters. The van der Waals surface area contributed by atoms with Crippen LogP contribution < -0.4 is 0 Å². The van der Waals surface area contributed by atoms with Gasteiger partial charge in [-0.3, -0.25) is 4.79 Å². The Kier molecular flexibility index (Phi) is 4.52. The molecule has 3 rings (SSSR count). The van der Waals surface area contributed by atoms with E-state index in [-0.39, 0.29) is 12.0 Å². The highest BCUT2D eigenvalue weighted by Crippen LogP contribution is 2.25. The zero-order valence-electron chi connectivity index (χ0n) is 13.4. The van der Waals surface area contributed by atoms with Crippen molar-refractivity contribution in [3.63, 3.8) is 0 Å². The summed E-state index contributed by atoms with van der Waals surface area (Å²) < 4.78 is 13.4. The van der Waals surface area contributed by atoms with Gasteiger partial charge in [0.1, 0.15) is 5.69 Å². The largest absolute Gasteiger partial charge is 0.463 e. The molecule has 1 aliphatic rings. The lowest BCUT2D eigenvalue weighted by atomic mass is 10.1. The lowest BCUT2D eigenvalue weighted by molar-refractivity contribution is 0.00622. The van der Waals surface area contributed by atoms with Crippen molar-refractivity contribution < 1.29 is 13.9 Å². The molecule has 1 saturated heterocycles. The van der Waals surface area contributed by atoms with E-state index in [0.29, 0.717) is 25.3 Å². The lowest BCUT2D eigenvalue weighted by Crippen LogP contribution is -2.33. The number of aromatic nitrogens is 1. The number of hydrogen-bond donors (Lipinski definition) is 0. The van der Waals surface area contributed by atoms with E-state index in [0.717, 1.165) is 30.5 Å². The van der Waals surface area contributed by atoms with E-state index < -0.39 is 0 Å². The fourth-order valence-electron chi connectivity index (χ4n) is 3.18. The third-order valence-electron chi connectivity index (χ3n) is 4.45. The van der Waals surface area contributed by atoms with Gasteiger partial charge in [-0.25, -0.2) is 0 Å². The number of nitrogens with zero attached hydrogens (tertiary/aromatic N) is 2. The van der Waals surface area contributed by atoms with E-state index in [9.17, 15) is 4.79 Å². The van der Waals surface area contributed by atoms with Gasteiger partial charge in [-0.1, -0.05) is 0 Å². The second kappa shape index (κ2) is 6.57. The lowest BCUT2D eigenvalue weighted by Gasteiger charge is -2.25. The average Bonchev–Trinajstić information content (AvgIpc) is 3.12. The van der Waals surface area contributed by atoms with E-state index >= 15 is 0 Å². The molecule has 1 aliphatic heterocycles. The number of carbonyl (C=O) groups is 1. The number of amides is 1. The fourth-order valence-corrected chi connectivity index (χ4v) is 3.18. The van der Waals surface area contributed by atoms with E-state index in [1.165, 1.54) is 6.42 Å². The maximum Gasteiger partial charge on any atom is 0.270 e. The summed E-state index contributed by atoms with van der Waals surface area (Å²) in [5.74, 6) is 0.0622. The summed E-state index contributed by atoms with van der Waals surface area (Å²) in [5, 5.41) is 0. The van der Waals surface area contributed by atoms with Crippen LogP contribution in [0.5, 0.6) is 0 Å². The van der Waals surface area contributed by atoms with Crippen LogP contribution in [0.1, 0.15) is 43.6 Å². The molecule has 0 saturated carbocycles. The summed E-state index contributed by atoms with van der Waals surface area (Å²) in [6, 6.07) is 3.79. The Morgan fingerprint density at radius 1 is 1.36 bits per heavy atom. The summed E-state index contributed by atoms with van der Waals surface area (Å²) in [7, 11) is 0. The quantitative estimate of drug-likeness (QED) is 0.851. The van der Waals surface area contributed by atoms with E-state index in [1.54, 1.807) is 6.26 Å². The zero-order chi connectivity index (χ0) is 15.5. The van der Waals surface area contributed by atoms with Gasteiger partial charge in [0.15, 0.2) is 5.58 Å². The average molecular weight is 304 g/mol. The van der Waals surface area contributed by atoms with Crippen molar-refractivity contribution >= 4 is 17.0 Å². The van der Waals surface area contributed by atoms with Crippen molar-refractivity contribution in [3.05, 3.63) is 24.1 Å². The minimum absolute atomic E-state index is 0.0622. The van der Waals surface area contributed by atoms with Crippen molar-refractivity contribution in [1.82, 2.24) is 9.47 Å². The van der Waals surface area contributed by atoms with E-state index in [2.05, 4.69) is 4.57 Å². The molecule has 2 aromatic rings. The van der Waals surface area contributed by atoms with Crippen LogP contribution in [0.4, 0.5) is 0 Å². The zero-order valence-corrected chi connectivity index (χ0v) is 13.4. The Bertz CT molecular complexity index is 633. The van der Waals surface area contributed by atoms with Crippen molar-refractivity contribution in [2.75, 3.05) is 19.7 Å². The standard InChI is InChI=1S/C17H24N2O3/c1-3-18(4-2)17(20)15-11-16-14(8-10-22-16)19(15)12-13-7-5-6-9-21-13/h8,10-11,13H,3-7,9,12H2,1-2H3/t13-/m0/s1. The maximum absolute atomic E-state index is 12.8. The highest BCUT2D eigenvalue weighted by atomic mass is 16.5. The van der Waals surface area contributed by atoms with Gasteiger partial charge >= 0.3 is 0 Å². The van der Waals surface area contributed by atoms with Crippen molar-refractivity contribution in [3.8, 4) is 0 Å². The van der Waals surface area contributed by atoms with Crippen LogP contribution in [0.2, 0.25) is 0 Å². The number of rotatable bonds is 5. The monoisotopic (exact) mass is 304 g/mol. The minimum atomic E-state index is 0.0622. The van der Waals surface area contributed by atoms with Gasteiger partial charge in [-0.05, 0) is 33.1 Å². The second-order valence-electron chi connectivity index (χ2n) is 5.78. The molecule has 0 aliphatic carbocycles. The molecule has 5 nitrogen and oxygen atoms in total. The van der Waals surface area contributed by atoms with Crippen LogP contribution in [-0.4, -0.2) is 41.2 Å². The number of furan rings is 1. The molecule has 22 heavy (non-hydrogen) atoms. The number of ether oxygens (including phenoxy) is 1. The van der Waals surface area contributed by atoms with Gasteiger partial charge in [-0.2, -0.15) is 0 Å². The number of hydrogen-bond acceptors (Lipinski definition) is 3. The normalized spacial score (nSPS) is 18.7. The fraction of sp³-hybridized carbons (Fsp3) is 0.588. The van der Waals surface area contributed by atoms with Gasteiger partial charge in [-0.15, -0.1) is 0 Å². The second-order valence-corrected chi connectivity index (χ2v) is 5.78. The molecule has 0 spiro atoms. The molecule has 0 unspecified atom stereocenters. The Morgan fingerprint density at radius 3 is 2.86 bits per heavy atom. The molecule has 3 heterocycles. The summed E-state index contributed by atoms with van der Waals surface area (Å²) in [4.78, 5) is 14.6. The van der Waals surface area contributed by atoms with E-state index in [4.69, 9.17) is 9.15 Å². The Labute approximate surface area is 130 Å². The molecular formula is C17H24N2O3. The Morgan fingerprint density at radius 2 is 2.18 bits per heavy atom. The highest BCUT2D eigenvalue weighted by Gasteiger charge is 2.24. The van der Waals surface area contributed by atoms with Gasteiger partial charge in [0, 0.05) is 38.4 Å². The van der Waals surface area contributed by atoms with Crippen LogP contribution in [0.25, 0.3) is 11.1 Å². The van der Waals surface area contributed by atoms with Crippen molar-refractivity contribution in [2.45, 2.75) is 45.8 Å². The van der Waals surface area contributed by atoms with Crippen LogP contribution in [0.3, 0.4) is 0 Å². The minimum Gasteiger partial charge on any atom is -0.463 e. The molecule has 0 radical (unpaired) electrons. The summed E-state index contributed by atoms with van der Waals surface area (Å²) >= 11 is 0. The van der Waals surface area contributed by atoms with Crippen LogP contribution in [0, 0.1) is 0 Å². The molecule has 120 valence electrons. The smallest absolute Gasteiger partial charge is 0.270 e. The SMILES string of the molecule is CCN(CC)C(=O)c1cc2occc2n1C[C@@H]1CCCCO1. The van der Waals surface area contributed by atoms with Crippen LogP contribution in [0.15, 0.2) is 22.8 Å². The molecule has 5 heteroatoms. The van der Waals surface area contributed by atoms with E-state index in [1.807, 2.05) is 30.9 Å². The summed E-state index contributed by atoms with van der Waals surface area (Å²) in [5.41, 5.74) is 2.45. The Balaban J connectivity index is 1.93. The molecule has 2 aromatic heterocycles. The molecule has 0 aromatic carbocycles. The van der Waals surface area contributed by atoms with Crippen molar-refractivity contribution in [1.29, 1.82) is 0 Å². The van der Waals surface area contributed by atoms with Gasteiger partial charge in [0.25, 0.3) is 5.91 Å². The first-order valence-corrected chi connectivity index (χ1v) is 8.22. The predicted molar refractivity (Wildman–Crippen MR) is 85.0 cm³/mol. The summed E-state index contributed by atoms with van der Waals surface area (Å²) in [6.45, 7) is 6.96. The molecule has 1 amide bonds. The molecular weight excluding hydrogens is 280 g/mol. The number of carbonyl (C=O) groups excluding carboxylic acids is 1. The van der Waals surface area contributed by atoms with Crippen LogP contribution >= 0.6 is 0 Å². The van der Waals surface area contributed by atoms with Gasteiger partial charge < -0.3 is 18.6 Å². The third kappa shape index (κ3) is 2.77. The predicted octanol–water partition coefficient (Wildman–Crippen LogP) is 3.29. The highest BCUT2D eigenvalue weighted by molar-refractivity contribution is 5.97. The number of fused-ring (bicyclic) bond motifs is 1. The van der Waals surface area contributed by atoms with Crippen LogP contribution in [-0.2, 0) is 11.3 Å². The topological polar surface area (TPSA) is 47.6 Å². The maximum atomic E-state index is 12.8. The molecule has 1 fully saturated rings. The van der Waals surface area contributed by atoms with Crippen molar-refractivity contribution in [2.24, 2.45) is 0 Å². The molecule has 0 bridgehead atoms. The first-order chi connectivity index (χ1) is 10.7. The Hall–Kier alpha value is -1.75. The summed E-state index contributed by atoms with van der Waals surface area (Å²) in [6.07, 6.45) is 5.24. The third-order valence-corrected chi connectivity index (χ3v) is 4.45. The molecule has 0 N–H and O–H groups in total. The van der Waals surface area contributed by atoms with Gasteiger partial charge in [0.05, 0.1) is 17.9 Å².